The second kappa shape index (κ2) is 5.65. The van der Waals surface area contributed by atoms with E-state index in [4.69, 9.17) is 4.42 Å². The molecule has 1 aliphatic heterocycles. The van der Waals surface area contributed by atoms with Crippen LogP contribution in [0.15, 0.2) is 16.7 Å². The fourth-order valence-electron chi connectivity index (χ4n) is 2.75. The van der Waals surface area contributed by atoms with Crippen LogP contribution in [0.4, 0.5) is 0 Å². The SMILES string of the molecule is CN(C)C1CCN(Cc2cc(CNC3CC3)co2)C1. The van der Waals surface area contributed by atoms with Crippen LogP contribution in [-0.4, -0.2) is 49.1 Å². The Labute approximate surface area is 115 Å². The highest BCUT2D eigenvalue weighted by Crippen LogP contribution is 2.21. The fraction of sp³-hybridized carbons (Fsp3) is 0.733. The van der Waals surface area contributed by atoms with Crippen LogP contribution in [0, 0.1) is 0 Å². The molecule has 2 fully saturated rings. The lowest BCUT2D eigenvalue weighted by Gasteiger charge is -2.19. The molecule has 4 heteroatoms. The maximum absolute atomic E-state index is 5.68. The van der Waals surface area contributed by atoms with E-state index in [0.29, 0.717) is 6.04 Å². The van der Waals surface area contributed by atoms with Crippen LogP contribution < -0.4 is 5.32 Å². The van der Waals surface area contributed by atoms with E-state index in [2.05, 4.69) is 35.3 Å². The van der Waals surface area contributed by atoms with Crippen LogP contribution in [0.2, 0.25) is 0 Å². The van der Waals surface area contributed by atoms with Gasteiger partial charge in [0, 0.05) is 37.3 Å². The van der Waals surface area contributed by atoms with Gasteiger partial charge in [-0.15, -0.1) is 0 Å². The topological polar surface area (TPSA) is 31.6 Å². The second-order valence-corrected chi connectivity index (χ2v) is 6.22. The molecule has 106 valence electrons. The third kappa shape index (κ3) is 3.59. The van der Waals surface area contributed by atoms with Crippen molar-refractivity contribution in [2.75, 3.05) is 27.2 Å². The van der Waals surface area contributed by atoms with E-state index in [-0.39, 0.29) is 0 Å². The Morgan fingerprint density at radius 3 is 2.89 bits per heavy atom. The number of rotatable bonds is 6. The number of hydrogen-bond donors (Lipinski definition) is 1. The maximum atomic E-state index is 5.68. The molecular weight excluding hydrogens is 238 g/mol. The molecule has 1 unspecified atom stereocenters. The van der Waals surface area contributed by atoms with Crippen molar-refractivity contribution in [2.45, 2.75) is 44.4 Å². The number of furan rings is 1. The summed E-state index contributed by atoms with van der Waals surface area (Å²) in [6, 6.07) is 3.67. The molecule has 0 aromatic carbocycles. The highest BCUT2D eigenvalue weighted by Gasteiger charge is 2.24. The number of likely N-dealkylation sites (tertiary alicyclic amines) is 1. The lowest BCUT2D eigenvalue weighted by atomic mass is 10.2. The second-order valence-electron chi connectivity index (χ2n) is 6.22. The van der Waals surface area contributed by atoms with Gasteiger partial charge in [0.15, 0.2) is 0 Å². The Morgan fingerprint density at radius 1 is 1.37 bits per heavy atom. The molecule has 2 aliphatic rings. The van der Waals surface area contributed by atoms with Crippen molar-refractivity contribution in [3.05, 3.63) is 23.7 Å². The molecule has 1 N–H and O–H groups in total. The van der Waals surface area contributed by atoms with Crippen LogP contribution in [0.25, 0.3) is 0 Å². The van der Waals surface area contributed by atoms with Gasteiger partial charge in [-0.25, -0.2) is 0 Å². The molecular formula is C15H25N3O. The Kier molecular flexibility index (Phi) is 3.91. The number of hydrogen-bond acceptors (Lipinski definition) is 4. The molecule has 0 amide bonds. The third-order valence-corrected chi connectivity index (χ3v) is 4.24. The molecule has 1 aromatic rings. The first-order valence-corrected chi connectivity index (χ1v) is 7.39. The van der Waals surface area contributed by atoms with Gasteiger partial charge in [0.1, 0.15) is 5.76 Å². The Hall–Kier alpha value is -0.840. The summed E-state index contributed by atoms with van der Waals surface area (Å²) in [5, 5.41) is 3.52. The smallest absolute Gasteiger partial charge is 0.118 e. The van der Waals surface area contributed by atoms with E-state index in [9.17, 15) is 0 Å². The predicted octanol–water partition coefficient (Wildman–Crippen LogP) is 1.67. The highest BCUT2D eigenvalue weighted by molar-refractivity contribution is 5.13. The number of nitrogens with one attached hydrogen (secondary N) is 1. The van der Waals surface area contributed by atoms with E-state index >= 15 is 0 Å². The van der Waals surface area contributed by atoms with Gasteiger partial charge in [-0.3, -0.25) is 4.90 Å². The monoisotopic (exact) mass is 263 g/mol. The van der Waals surface area contributed by atoms with Crippen molar-refractivity contribution >= 4 is 0 Å². The third-order valence-electron chi connectivity index (χ3n) is 4.24. The van der Waals surface area contributed by atoms with Gasteiger partial charge in [-0.1, -0.05) is 0 Å². The van der Waals surface area contributed by atoms with Crippen LogP contribution in [0.3, 0.4) is 0 Å². The minimum Gasteiger partial charge on any atom is -0.468 e. The summed E-state index contributed by atoms with van der Waals surface area (Å²) in [5.74, 6) is 1.10. The van der Waals surface area contributed by atoms with Crippen LogP contribution in [0.1, 0.15) is 30.6 Å². The number of likely N-dealkylation sites (N-methyl/N-ethyl adjacent to an activating group) is 1. The van der Waals surface area contributed by atoms with E-state index in [0.717, 1.165) is 31.4 Å². The van der Waals surface area contributed by atoms with Gasteiger partial charge in [0.2, 0.25) is 0 Å². The minimum absolute atomic E-state index is 0.700. The average molecular weight is 263 g/mol. The van der Waals surface area contributed by atoms with E-state index in [1.165, 1.54) is 31.4 Å². The quantitative estimate of drug-likeness (QED) is 0.846. The fourth-order valence-corrected chi connectivity index (χ4v) is 2.75. The molecule has 1 atom stereocenters. The lowest BCUT2D eigenvalue weighted by Crippen LogP contribution is -2.31. The Morgan fingerprint density at radius 2 is 2.21 bits per heavy atom. The standard InChI is InChI=1S/C15H25N3O/c1-17(2)14-5-6-18(9-14)10-15-7-12(11-19-15)8-16-13-3-4-13/h7,11,13-14,16H,3-6,8-10H2,1-2H3. The molecule has 1 saturated carbocycles. The first kappa shape index (κ1) is 13.2. The average Bonchev–Trinajstić information content (AvgIpc) is 2.91. The van der Waals surface area contributed by atoms with Gasteiger partial charge < -0.3 is 14.6 Å². The van der Waals surface area contributed by atoms with Gasteiger partial charge in [0.05, 0.1) is 12.8 Å². The zero-order valence-electron chi connectivity index (χ0n) is 12.1. The van der Waals surface area contributed by atoms with Gasteiger partial charge in [0.25, 0.3) is 0 Å². The zero-order valence-corrected chi connectivity index (χ0v) is 12.1. The van der Waals surface area contributed by atoms with E-state index in [1.54, 1.807) is 0 Å². The Balaban J connectivity index is 1.47. The first-order valence-electron chi connectivity index (χ1n) is 7.39. The van der Waals surface area contributed by atoms with Gasteiger partial charge >= 0.3 is 0 Å². The lowest BCUT2D eigenvalue weighted by molar-refractivity contribution is 0.252. The maximum Gasteiger partial charge on any atom is 0.118 e. The summed E-state index contributed by atoms with van der Waals surface area (Å²) >= 11 is 0. The molecule has 0 radical (unpaired) electrons. The van der Waals surface area contributed by atoms with Crippen LogP contribution in [-0.2, 0) is 13.1 Å². The van der Waals surface area contributed by atoms with Crippen molar-refractivity contribution < 1.29 is 4.42 Å². The van der Waals surface area contributed by atoms with Crippen molar-refractivity contribution in [3.63, 3.8) is 0 Å². The van der Waals surface area contributed by atoms with Crippen molar-refractivity contribution in [3.8, 4) is 0 Å². The molecule has 1 aliphatic carbocycles. The molecule has 0 bridgehead atoms. The van der Waals surface area contributed by atoms with E-state index in [1.807, 2.05) is 6.26 Å². The predicted molar refractivity (Wildman–Crippen MR) is 75.9 cm³/mol. The molecule has 3 rings (SSSR count). The van der Waals surface area contributed by atoms with E-state index < -0.39 is 0 Å². The van der Waals surface area contributed by atoms with Gasteiger partial charge in [-0.05, 0) is 39.4 Å². The van der Waals surface area contributed by atoms with Crippen LogP contribution in [0.5, 0.6) is 0 Å². The summed E-state index contributed by atoms with van der Waals surface area (Å²) in [5.41, 5.74) is 1.28. The summed E-state index contributed by atoms with van der Waals surface area (Å²) < 4.78 is 5.68. The van der Waals surface area contributed by atoms with Crippen molar-refractivity contribution in [1.29, 1.82) is 0 Å². The normalized spacial score (nSPS) is 24.5. The van der Waals surface area contributed by atoms with Crippen molar-refractivity contribution in [1.82, 2.24) is 15.1 Å². The summed E-state index contributed by atoms with van der Waals surface area (Å²) in [6.45, 7) is 4.24. The largest absolute Gasteiger partial charge is 0.468 e. The summed E-state index contributed by atoms with van der Waals surface area (Å²) in [7, 11) is 4.34. The van der Waals surface area contributed by atoms with Crippen molar-refractivity contribution in [2.24, 2.45) is 0 Å². The number of nitrogens with zero attached hydrogens (tertiary/aromatic N) is 2. The first-order chi connectivity index (χ1) is 9.20. The molecule has 1 aromatic heterocycles. The molecule has 0 spiro atoms. The van der Waals surface area contributed by atoms with Crippen LogP contribution >= 0.6 is 0 Å². The Bertz CT molecular complexity index is 411. The molecule has 4 nitrogen and oxygen atoms in total. The minimum atomic E-state index is 0.700. The molecule has 2 heterocycles. The molecule has 19 heavy (non-hydrogen) atoms. The van der Waals surface area contributed by atoms with Gasteiger partial charge in [-0.2, -0.15) is 0 Å². The highest BCUT2D eigenvalue weighted by atomic mass is 16.3. The zero-order chi connectivity index (χ0) is 13.2. The summed E-state index contributed by atoms with van der Waals surface area (Å²) in [6.07, 6.45) is 5.85. The summed E-state index contributed by atoms with van der Waals surface area (Å²) in [4.78, 5) is 4.81. The molecule has 1 saturated heterocycles.